The van der Waals surface area contributed by atoms with Crippen LogP contribution in [0.25, 0.3) is 21.1 Å². The van der Waals surface area contributed by atoms with E-state index in [1.165, 1.54) is 23.6 Å². The van der Waals surface area contributed by atoms with E-state index in [9.17, 15) is 13.2 Å². The largest absolute Gasteiger partial charge is 0.335 e. The molecule has 0 bridgehead atoms. The second kappa shape index (κ2) is 9.90. The molecule has 1 aliphatic rings. The Morgan fingerprint density at radius 3 is 2.68 bits per heavy atom. The lowest BCUT2D eigenvalue weighted by Gasteiger charge is -2.33. The van der Waals surface area contributed by atoms with Crippen molar-refractivity contribution < 1.29 is 13.2 Å². The number of nitrogens with zero attached hydrogens (tertiary/aromatic N) is 4. The number of amides is 1. The van der Waals surface area contributed by atoms with E-state index in [1.54, 1.807) is 19.9 Å². The van der Waals surface area contributed by atoms with Gasteiger partial charge in [0.1, 0.15) is 21.3 Å². The predicted octanol–water partition coefficient (Wildman–Crippen LogP) is 4.60. The van der Waals surface area contributed by atoms with Gasteiger partial charge in [-0.25, -0.2) is 18.1 Å². The molecule has 2 N–H and O–H groups in total. The van der Waals surface area contributed by atoms with Crippen LogP contribution in [0.5, 0.6) is 0 Å². The lowest BCUT2D eigenvalue weighted by Crippen LogP contribution is -2.42. The lowest BCUT2D eigenvalue weighted by atomic mass is 10.0. The average molecular weight is 544 g/mol. The van der Waals surface area contributed by atoms with Gasteiger partial charge in [0, 0.05) is 24.2 Å². The van der Waals surface area contributed by atoms with Gasteiger partial charge in [0.05, 0.1) is 21.1 Å². The monoisotopic (exact) mass is 542 g/mol. The van der Waals surface area contributed by atoms with Crippen LogP contribution in [0, 0.1) is 0 Å². The molecule has 1 fully saturated rings. The van der Waals surface area contributed by atoms with E-state index < -0.39 is 10.0 Å². The Kier molecular flexibility index (Phi) is 7.30. The van der Waals surface area contributed by atoms with Crippen molar-refractivity contribution in [1.82, 2.24) is 30.0 Å². The van der Waals surface area contributed by atoms with E-state index in [1.807, 2.05) is 11.8 Å². The number of carbonyl (C=O) groups is 1. The lowest BCUT2D eigenvalue weighted by molar-refractivity contribution is 0.0631. The molecule has 1 atom stereocenters. The van der Waals surface area contributed by atoms with E-state index in [4.69, 9.17) is 23.2 Å². The van der Waals surface area contributed by atoms with E-state index >= 15 is 0 Å². The maximum Gasteiger partial charge on any atom is 0.274 e. The number of nitrogens with one attached hydrogen (secondary N) is 2. The second-order valence-corrected chi connectivity index (χ2v) is 11.8. The van der Waals surface area contributed by atoms with Crippen LogP contribution in [0.15, 0.2) is 23.2 Å². The second-order valence-electron chi connectivity index (χ2n) is 8.41. The molecule has 0 unspecified atom stereocenters. The smallest absolute Gasteiger partial charge is 0.274 e. The van der Waals surface area contributed by atoms with E-state index in [-0.39, 0.29) is 38.6 Å². The molecular formula is C21H24Cl2N6O3S2. The fourth-order valence-corrected chi connectivity index (χ4v) is 7.10. The first-order valence-corrected chi connectivity index (χ1v) is 13.8. The summed E-state index contributed by atoms with van der Waals surface area (Å²) in [5.41, 5.74) is 1.14. The highest BCUT2D eigenvalue weighted by Crippen LogP contribution is 2.43. The van der Waals surface area contributed by atoms with Gasteiger partial charge in [0.25, 0.3) is 5.91 Å². The van der Waals surface area contributed by atoms with Crippen LogP contribution >= 0.6 is 34.5 Å². The summed E-state index contributed by atoms with van der Waals surface area (Å²) in [7, 11) is -3.87. The summed E-state index contributed by atoms with van der Waals surface area (Å²) in [5.74, 6) is -0.210. The molecule has 3 heterocycles. The Bertz CT molecular complexity index is 1310. The highest BCUT2D eigenvalue weighted by Gasteiger charge is 2.31. The van der Waals surface area contributed by atoms with Crippen LogP contribution in [0.3, 0.4) is 0 Å². The average Bonchev–Trinajstić information content (AvgIpc) is 3.44. The van der Waals surface area contributed by atoms with Gasteiger partial charge in [0.2, 0.25) is 10.0 Å². The number of hydrogen-bond acceptors (Lipinski definition) is 7. The molecule has 1 aromatic carbocycles. The molecule has 13 heteroatoms. The summed E-state index contributed by atoms with van der Waals surface area (Å²) >= 11 is 14.3. The number of H-pyrrole nitrogens is 1. The summed E-state index contributed by atoms with van der Waals surface area (Å²) in [6.45, 7) is 6.09. The number of carbonyl (C=O) groups excluding carboxylic acids is 1. The molecule has 9 nitrogen and oxygen atoms in total. The fraction of sp³-hybridized carbons (Fsp3) is 0.429. The van der Waals surface area contributed by atoms with Crippen LogP contribution in [-0.2, 0) is 10.0 Å². The summed E-state index contributed by atoms with van der Waals surface area (Å²) in [6, 6.07) is 2.71. The Morgan fingerprint density at radius 1 is 1.26 bits per heavy atom. The molecule has 182 valence electrons. The minimum Gasteiger partial charge on any atom is -0.335 e. The zero-order valence-corrected chi connectivity index (χ0v) is 21.9. The molecule has 3 aromatic rings. The molecule has 0 radical (unpaired) electrons. The highest BCUT2D eigenvalue weighted by molar-refractivity contribution is 7.89. The van der Waals surface area contributed by atoms with Crippen molar-refractivity contribution in [1.29, 1.82) is 0 Å². The van der Waals surface area contributed by atoms with Crippen LogP contribution in [0.4, 0.5) is 0 Å². The van der Waals surface area contributed by atoms with Gasteiger partial charge < -0.3 is 4.90 Å². The van der Waals surface area contributed by atoms with Crippen molar-refractivity contribution in [2.45, 2.75) is 57.0 Å². The van der Waals surface area contributed by atoms with Gasteiger partial charge in [-0.2, -0.15) is 15.4 Å². The number of hydrogen-bond donors (Lipinski definition) is 2. The third kappa shape index (κ3) is 4.85. The standard InChI is InChI=1S/C21H24Cl2N6O3S2/c1-11(2)27-34(31,32)15-8-7-13(16(22)17(15)23)19-18(21(30)29-9-5-4-6-12(29)3)25-20(33-19)14-10-24-28-26-14/h7-8,10-12,27H,4-6,9H2,1-3H3,(H,24,26,28)/t12-/m0/s1. The van der Waals surface area contributed by atoms with Crippen molar-refractivity contribution in [3.8, 4) is 21.1 Å². The van der Waals surface area contributed by atoms with Gasteiger partial charge >= 0.3 is 0 Å². The van der Waals surface area contributed by atoms with Crippen molar-refractivity contribution in [2.24, 2.45) is 0 Å². The fourth-order valence-electron chi connectivity index (χ4n) is 3.89. The normalized spacial score (nSPS) is 16.9. The number of benzene rings is 1. The zero-order valence-electron chi connectivity index (χ0n) is 18.8. The van der Waals surface area contributed by atoms with Crippen molar-refractivity contribution in [3.63, 3.8) is 0 Å². The van der Waals surface area contributed by atoms with Gasteiger partial charge in [-0.1, -0.05) is 29.3 Å². The first kappa shape index (κ1) is 25.1. The molecule has 1 aliphatic heterocycles. The SMILES string of the molecule is CC(C)NS(=O)(=O)c1ccc(-c2sc(-c3cn[nH]n3)nc2C(=O)N2CCCC[C@@H]2C)c(Cl)c1Cl. The molecule has 1 saturated heterocycles. The third-order valence-corrected chi connectivity index (χ3v) is 9.31. The van der Waals surface area contributed by atoms with Gasteiger partial charge in [-0.05, 0) is 46.1 Å². The maximum atomic E-state index is 13.6. The Hall–Kier alpha value is -2.05. The Labute approximate surface area is 211 Å². The molecule has 2 aromatic heterocycles. The first-order valence-electron chi connectivity index (χ1n) is 10.8. The molecular weight excluding hydrogens is 519 g/mol. The van der Waals surface area contributed by atoms with E-state index in [2.05, 4.69) is 25.1 Å². The summed E-state index contributed by atoms with van der Waals surface area (Å²) in [5, 5.41) is 10.9. The highest BCUT2D eigenvalue weighted by atomic mass is 35.5. The van der Waals surface area contributed by atoms with Crippen LogP contribution < -0.4 is 4.72 Å². The number of halogens is 2. The molecule has 0 aliphatic carbocycles. The molecule has 34 heavy (non-hydrogen) atoms. The third-order valence-electron chi connectivity index (χ3n) is 5.50. The van der Waals surface area contributed by atoms with Crippen LogP contribution in [0.1, 0.15) is 50.5 Å². The van der Waals surface area contributed by atoms with Crippen LogP contribution in [-0.4, -0.2) is 58.2 Å². The molecule has 0 spiro atoms. The number of aromatic amines is 1. The quantitative estimate of drug-likeness (QED) is 0.469. The summed E-state index contributed by atoms with van der Waals surface area (Å²) < 4.78 is 27.9. The van der Waals surface area contributed by atoms with Crippen molar-refractivity contribution in [2.75, 3.05) is 6.54 Å². The minimum absolute atomic E-state index is 0.0318. The van der Waals surface area contributed by atoms with Gasteiger partial charge in [0.15, 0.2) is 0 Å². The minimum atomic E-state index is -3.87. The number of piperidine rings is 1. The number of thiazole rings is 1. The summed E-state index contributed by atoms with van der Waals surface area (Å²) in [6.07, 6.45) is 4.43. The number of sulfonamides is 1. The zero-order chi connectivity index (χ0) is 24.6. The molecule has 0 saturated carbocycles. The Morgan fingerprint density at radius 2 is 2.03 bits per heavy atom. The van der Waals surface area contributed by atoms with Crippen LogP contribution in [0.2, 0.25) is 10.0 Å². The molecule has 1 amide bonds. The van der Waals surface area contributed by atoms with E-state index in [0.717, 1.165) is 19.3 Å². The van der Waals surface area contributed by atoms with E-state index in [0.29, 0.717) is 27.7 Å². The van der Waals surface area contributed by atoms with Gasteiger partial charge in [-0.3, -0.25) is 4.79 Å². The number of aromatic nitrogens is 4. The maximum absolute atomic E-state index is 13.6. The Balaban J connectivity index is 1.84. The summed E-state index contributed by atoms with van der Waals surface area (Å²) in [4.78, 5) is 20.3. The topological polar surface area (TPSA) is 121 Å². The predicted molar refractivity (Wildman–Crippen MR) is 133 cm³/mol. The van der Waals surface area contributed by atoms with Gasteiger partial charge in [-0.15, -0.1) is 11.3 Å². The first-order chi connectivity index (χ1) is 16.1. The molecule has 4 rings (SSSR count). The number of likely N-dealkylation sites (tertiary alicyclic amines) is 1. The number of rotatable bonds is 6. The van der Waals surface area contributed by atoms with Crippen molar-refractivity contribution >= 4 is 50.5 Å². The van der Waals surface area contributed by atoms with Crippen molar-refractivity contribution in [3.05, 3.63) is 34.1 Å².